The molecule has 0 unspecified atom stereocenters. The van der Waals surface area contributed by atoms with Crippen LogP contribution in [-0.2, 0) is 6.54 Å². The number of fused-ring (bicyclic) bond motifs is 1. The number of guanidine groups is 1. The molecule has 0 saturated heterocycles. The third-order valence-corrected chi connectivity index (χ3v) is 4.91. The van der Waals surface area contributed by atoms with Gasteiger partial charge in [0.1, 0.15) is 5.82 Å². The van der Waals surface area contributed by atoms with Crippen LogP contribution in [0.4, 0.5) is 0 Å². The van der Waals surface area contributed by atoms with E-state index in [1.54, 1.807) is 0 Å². The molecule has 2 rings (SSSR count). The number of nitrogens with one attached hydrogen (secondary N) is 2. The zero-order chi connectivity index (χ0) is 19.8. The Labute approximate surface area is 164 Å². The van der Waals surface area contributed by atoms with Crippen LogP contribution in [0.25, 0.3) is 11.0 Å². The van der Waals surface area contributed by atoms with Crippen LogP contribution in [0.15, 0.2) is 29.3 Å². The van der Waals surface area contributed by atoms with E-state index in [-0.39, 0.29) is 0 Å². The predicted octanol–water partition coefficient (Wildman–Crippen LogP) is 3.02. The molecule has 150 valence electrons. The first-order chi connectivity index (χ1) is 12.9. The van der Waals surface area contributed by atoms with Crippen LogP contribution >= 0.6 is 0 Å². The second kappa shape index (κ2) is 10.3. The van der Waals surface area contributed by atoms with E-state index in [9.17, 15) is 0 Å². The largest absolute Gasteiger partial charge is 0.356 e. The zero-order valence-corrected chi connectivity index (χ0v) is 17.8. The second-order valence-corrected chi connectivity index (χ2v) is 7.50. The molecule has 2 aromatic rings. The number of rotatable bonds is 9. The minimum Gasteiger partial charge on any atom is -0.356 e. The maximum Gasteiger partial charge on any atom is 0.191 e. The minimum absolute atomic E-state index is 0.579. The van der Waals surface area contributed by atoms with Gasteiger partial charge in [0, 0.05) is 45.3 Å². The Morgan fingerprint density at radius 3 is 2.44 bits per heavy atom. The van der Waals surface area contributed by atoms with Crippen molar-refractivity contribution in [3.05, 3.63) is 30.1 Å². The summed E-state index contributed by atoms with van der Waals surface area (Å²) in [6.45, 7) is 14.8. The Hall–Kier alpha value is -2.08. The van der Waals surface area contributed by atoms with E-state index in [0.29, 0.717) is 12.1 Å². The number of aliphatic imine (C=N–C) groups is 1. The van der Waals surface area contributed by atoms with E-state index >= 15 is 0 Å². The molecule has 0 amide bonds. The topological polar surface area (TPSA) is 57.5 Å². The van der Waals surface area contributed by atoms with Crippen LogP contribution in [0.1, 0.15) is 39.9 Å². The molecule has 0 aliphatic carbocycles. The van der Waals surface area contributed by atoms with Crippen LogP contribution in [0.5, 0.6) is 0 Å². The lowest BCUT2D eigenvalue weighted by molar-refractivity contribution is 0.173. The lowest BCUT2D eigenvalue weighted by Gasteiger charge is -2.30. The van der Waals surface area contributed by atoms with Gasteiger partial charge in [-0.25, -0.2) is 4.98 Å². The van der Waals surface area contributed by atoms with E-state index in [1.807, 2.05) is 13.1 Å². The summed E-state index contributed by atoms with van der Waals surface area (Å²) in [4.78, 5) is 11.5. The monoisotopic (exact) mass is 372 g/mol. The summed E-state index contributed by atoms with van der Waals surface area (Å²) >= 11 is 0. The molecule has 6 nitrogen and oxygen atoms in total. The molecule has 0 bridgehead atoms. The molecule has 0 aliphatic heterocycles. The first-order valence-electron chi connectivity index (χ1n) is 10.1. The van der Waals surface area contributed by atoms with Gasteiger partial charge in [0.15, 0.2) is 5.96 Å². The van der Waals surface area contributed by atoms with Crippen LogP contribution in [0.3, 0.4) is 0 Å². The van der Waals surface area contributed by atoms with Gasteiger partial charge in [0.25, 0.3) is 0 Å². The van der Waals surface area contributed by atoms with Crippen molar-refractivity contribution in [1.82, 2.24) is 25.1 Å². The van der Waals surface area contributed by atoms with Crippen LogP contribution in [0.2, 0.25) is 0 Å². The zero-order valence-electron chi connectivity index (χ0n) is 17.8. The number of aromatic nitrogens is 2. The number of para-hydroxylation sites is 2. The molecule has 0 saturated carbocycles. The maximum atomic E-state index is 4.62. The average Bonchev–Trinajstić information content (AvgIpc) is 2.94. The Morgan fingerprint density at radius 1 is 1.11 bits per heavy atom. The molecule has 0 aliphatic rings. The summed E-state index contributed by atoms with van der Waals surface area (Å²) in [7, 11) is 1.82. The molecule has 0 spiro atoms. The first kappa shape index (κ1) is 21.2. The molecule has 0 radical (unpaired) electrons. The SMILES string of the molecule is CN=C(NCCCN(C(C)C)C(C)C)NCCn1c(C)nc2ccccc21. The fourth-order valence-electron chi connectivity index (χ4n) is 3.57. The summed E-state index contributed by atoms with van der Waals surface area (Å²) in [6.07, 6.45) is 1.10. The van der Waals surface area contributed by atoms with Crippen molar-refractivity contribution in [1.29, 1.82) is 0 Å². The van der Waals surface area contributed by atoms with E-state index in [0.717, 1.165) is 49.9 Å². The van der Waals surface area contributed by atoms with Gasteiger partial charge in [-0.2, -0.15) is 0 Å². The predicted molar refractivity (Wildman–Crippen MR) is 115 cm³/mol. The van der Waals surface area contributed by atoms with Crippen LogP contribution in [-0.4, -0.2) is 59.2 Å². The van der Waals surface area contributed by atoms with Crippen molar-refractivity contribution < 1.29 is 0 Å². The van der Waals surface area contributed by atoms with Crippen LogP contribution < -0.4 is 10.6 Å². The van der Waals surface area contributed by atoms with Gasteiger partial charge < -0.3 is 15.2 Å². The lowest BCUT2D eigenvalue weighted by Crippen LogP contribution is -2.42. The summed E-state index contributed by atoms with van der Waals surface area (Å²) in [5, 5.41) is 6.83. The molecule has 1 aromatic heterocycles. The van der Waals surface area contributed by atoms with Gasteiger partial charge in [-0.05, 0) is 53.2 Å². The van der Waals surface area contributed by atoms with Crippen molar-refractivity contribution in [3.8, 4) is 0 Å². The highest BCUT2D eigenvalue weighted by Crippen LogP contribution is 2.14. The Balaban J connectivity index is 1.76. The van der Waals surface area contributed by atoms with E-state index in [2.05, 4.69) is 82.9 Å². The van der Waals surface area contributed by atoms with Crippen molar-refractivity contribution in [2.24, 2.45) is 4.99 Å². The van der Waals surface area contributed by atoms with Crippen molar-refractivity contribution in [2.45, 2.75) is 59.7 Å². The van der Waals surface area contributed by atoms with E-state index < -0.39 is 0 Å². The minimum atomic E-state index is 0.579. The average molecular weight is 373 g/mol. The number of hydrogen-bond acceptors (Lipinski definition) is 3. The maximum absolute atomic E-state index is 4.62. The molecule has 2 N–H and O–H groups in total. The van der Waals surface area contributed by atoms with Crippen molar-refractivity contribution in [3.63, 3.8) is 0 Å². The lowest BCUT2D eigenvalue weighted by atomic mass is 10.2. The summed E-state index contributed by atoms with van der Waals surface area (Å²) < 4.78 is 2.25. The smallest absolute Gasteiger partial charge is 0.191 e. The second-order valence-electron chi connectivity index (χ2n) is 7.50. The van der Waals surface area contributed by atoms with Gasteiger partial charge in [0.05, 0.1) is 11.0 Å². The molecular weight excluding hydrogens is 336 g/mol. The fraction of sp³-hybridized carbons (Fsp3) is 0.619. The highest BCUT2D eigenvalue weighted by Gasteiger charge is 2.12. The quantitative estimate of drug-likeness (QED) is 0.404. The molecule has 6 heteroatoms. The van der Waals surface area contributed by atoms with Gasteiger partial charge in [-0.3, -0.25) is 9.89 Å². The fourth-order valence-corrected chi connectivity index (χ4v) is 3.57. The van der Waals surface area contributed by atoms with Gasteiger partial charge in [-0.15, -0.1) is 0 Å². The Bertz CT molecular complexity index is 723. The molecular formula is C21H36N6. The number of nitrogens with zero attached hydrogens (tertiary/aromatic N) is 4. The molecule has 0 fully saturated rings. The first-order valence-corrected chi connectivity index (χ1v) is 10.1. The van der Waals surface area contributed by atoms with E-state index in [4.69, 9.17) is 0 Å². The number of benzene rings is 1. The summed E-state index contributed by atoms with van der Waals surface area (Å²) in [5.41, 5.74) is 2.24. The highest BCUT2D eigenvalue weighted by molar-refractivity contribution is 5.79. The Kier molecular flexibility index (Phi) is 8.10. The third kappa shape index (κ3) is 5.96. The van der Waals surface area contributed by atoms with Gasteiger partial charge in [0.2, 0.25) is 0 Å². The molecule has 0 atom stereocenters. The standard InChI is InChI=1S/C21H36N6/c1-16(2)26(17(3)4)14-9-12-23-21(22-6)24-13-15-27-18(5)25-19-10-7-8-11-20(19)27/h7-8,10-11,16-17H,9,12-15H2,1-6H3,(H2,22,23,24). The molecule has 1 heterocycles. The van der Waals surface area contributed by atoms with Gasteiger partial charge in [-0.1, -0.05) is 12.1 Å². The number of aryl methyl sites for hydroxylation is 1. The van der Waals surface area contributed by atoms with E-state index in [1.165, 1.54) is 5.52 Å². The number of hydrogen-bond donors (Lipinski definition) is 2. The Morgan fingerprint density at radius 2 is 1.78 bits per heavy atom. The van der Waals surface area contributed by atoms with Crippen LogP contribution in [0, 0.1) is 6.92 Å². The summed E-state index contributed by atoms with van der Waals surface area (Å²) in [5.74, 6) is 1.90. The molecule has 1 aromatic carbocycles. The normalized spacial score (nSPS) is 12.6. The summed E-state index contributed by atoms with van der Waals surface area (Å²) in [6, 6.07) is 9.43. The molecule has 27 heavy (non-hydrogen) atoms. The van der Waals surface area contributed by atoms with Crippen molar-refractivity contribution in [2.75, 3.05) is 26.7 Å². The van der Waals surface area contributed by atoms with Gasteiger partial charge >= 0.3 is 0 Å². The highest BCUT2D eigenvalue weighted by atomic mass is 15.2. The number of imidazole rings is 1. The van der Waals surface area contributed by atoms with Crippen molar-refractivity contribution >= 4 is 17.0 Å². The third-order valence-electron chi connectivity index (χ3n) is 4.91.